The third-order valence-corrected chi connectivity index (χ3v) is 2.19. The van der Waals surface area contributed by atoms with E-state index in [9.17, 15) is 4.39 Å². The number of rotatable bonds is 1. The molecular weight excluding hydrogens is 195 g/mol. The Labute approximate surface area is 86.7 Å². The third-order valence-electron chi connectivity index (χ3n) is 2.19. The van der Waals surface area contributed by atoms with E-state index in [0.717, 1.165) is 5.56 Å². The molecule has 0 spiro atoms. The molecule has 0 atom stereocenters. The van der Waals surface area contributed by atoms with E-state index in [4.69, 9.17) is 10.3 Å². The predicted octanol–water partition coefficient (Wildman–Crippen LogP) is 2.68. The van der Waals surface area contributed by atoms with Gasteiger partial charge in [-0.2, -0.15) is 0 Å². The number of aryl methyl sites for hydroxylation is 2. The molecule has 0 aliphatic heterocycles. The molecule has 15 heavy (non-hydrogen) atoms. The minimum atomic E-state index is -0.295. The quantitative estimate of drug-likeness (QED) is 0.780. The molecule has 1 aromatic heterocycles. The highest BCUT2D eigenvalue weighted by atomic mass is 19.1. The second kappa shape index (κ2) is 3.38. The standard InChI is InChI=1S/C11H11FN2O/c1-6-3-7(2)11(12)8(4-6)9-5-10(13)14-15-9/h3-5H,1-2H3,(H2,13,14). The molecule has 3 nitrogen and oxygen atoms in total. The first-order valence-electron chi connectivity index (χ1n) is 4.57. The average Bonchev–Trinajstić information content (AvgIpc) is 2.58. The van der Waals surface area contributed by atoms with E-state index in [-0.39, 0.29) is 11.6 Å². The van der Waals surface area contributed by atoms with Gasteiger partial charge in [0.05, 0.1) is 5.56 Å². The highest BCUT2D eigenvalue weighted by Crippen LogP contribution is 2.27. The van der Waals surface area contributed by atoms with Crippen LogP contribution in [-0.4, -0.2) is 5.16 Å². The van der Waals surface area contributed by atoms with Crippen LogP contribution < -0.4 is 5.73 Å². The van der Waals surface area contributed by atoms with E-state index in [1.165, 1.54) is 6.07 Å². The van der Waals surface area contributed by atoms with Gasteiger partial charge >= 0.3 is 0 Å². The fourth-order valence-electron chi connectivity index (χ4n) is 1.55. The monoisotopic (exact) mass is 206 g/mol. The number of hydrogen-bond acceptors (Lipinski definition) is 3. The van der Waals surface area contributed by atoms with Gasteiger partial charge in [-0.1, -0.05) is 11.2 Å². The topological polar surface area (TPSA) is 52.0 Å². The van der Waals surface area contributed by atoms with Crippen LogP contribution in [0.2, 0.25) is 0 Å². The lowest BCUT2D eigenvalue weighted by Gasteiger charge is -2.03. The molecule has 1 heterocycles. The molecule has 0 aliphatic rings. The van der Waals surface area contributed by atoms with Crippen LogP contribution in [0.5, 0.6) is 0 Å². The summed E-state index contributed by atoms with van der Waals surface area (Å²) < 4.78 is 18.7. The summed E-state index contributed by atoms with van der Waals surface area (Å²) in [6.07, 6.45) is 0. The van der Waals surface area contributed by atoms with Gasteiger partial charge in [0.2, 0.25) is 0 Å². The largest absolute Gasteiger partial charge is 0.381 e. The van der Waals surface area contributed by atoms with Crippen molar-refractivity contribution in [2.24, 2.45) is 0 Å². The molecule has 78 valence electrons. The van der Waals surface area contributed by atoms with Crippen LogP contribution in [0, 0.1) is 19.7 Å². The number of nitrogens with zero attached hydrogens (tertiary/aromatic N) is 1. The van der Waals surface area contributed by atoms with E-state index >= 15 is 0 Å². The van der Waals surface area contributed by atoms with Crippen molar-refractivity contribution in [3.05, 3.63) is 35.1 Å². The van der Waals surface area contributed by atoms with E-state index < -0.39 is 0 Å². The van der Waals surface area contributed by atoms with Crippen molar-refractivity contribution in [1.82, 2.24) is 5.16 Å². The first kappa shape index (κ1) is 9.71. The smallest absolute Gasteiger partial charge is 0.172 e. The van der Waals surface area contributed by atoms with Crippen molar-refractivity contribution in [3.63, 3.8) is 0 Å². The molecule has 0 saturated carbocycles. The zero-order valence-electron chi connectivity index (χ0n) is 8.54. The van der Waals surface area contributed by atoms with Crippen LogP contribution >= 0.6 is 0 Å². The molecule has 1 aromatic carbocycles. The van der Waals surface area contributed by atoms with Crippen LogP contribution in [-0.2, 0) is 0 Å². The van der Waals surface area contributed by atoms with Gasteiger partial charge < -0.3 is 10.3 Å². The Balaban J connectivity index is 2.62. The van der Waals surface area contributed by atoms with Gasteiger partial charge in [0, 0.05) is 6.07 Å². The Morgan fingerprint density at radius 1 is 1.27 bits per heavy atom. The molecule has 0 radical (unpaired) electrons. The summed E-state index contributed by atoms with van der Waals surface area (Å²) in [6.45, 7) is 3.61. The zero-order chi connectivity index (χ0) is 11.0. The van der Waals surface area contributed by atoms with E-state index in [1.807, 2.05) is 6.92 Å². The predicted molar refractivity (Wildman–Crippen MR) is 55.8 cm³/mol. The Kier molecular flexibility index (Phi) is 2.19. The summed E-state index contributed by atoms with van der Waals surface area (Å²) in [5.74, 6) is 0.317. The van der Waals surface area contributed by atoms with Gasteiger partial charge in [-0.3, -0.25) is 0 Å². The summed E-state index contributed by atoms with van der Waals surface area (Å²) in [5, 5.41) is 3.53. The van der Waals surface area contributed by atoms with Gasteiger partial charge in [-0.15, -0.1) is 0 Å². The second-order valence-corrected chi connectivity index (χ2v) is 3.56. The summed E-state index contributed by atoms with van der Waals surface area (Å²) in [7, 11) is 0. The maximum atomic E-state index is 13.7. The van der Waals surface area contributed by atoms with Gasteiger partial charge in [0.1, 0.15) is 5.82 Å². The lowest BCUT2D eigenvalue weighted by Crippen LogP contribution is -1.89. The number of benzene rings is 1. The van der Waals surface area contributed by atoms with Crippen LogP contribution in [0.4, 0.5) is 10.2 Å². The maximum absolute atomic E-state index is 13.7. The summed E-state index contributed by atoms with van der Waals surface area (Å²) >= 11 is 0. The zero-order valence-corrected chi connectivity index (χ0v) is 8.54. The third kappa shape index (κ3) is 1.70. The second-order valence-electron chi connectivity index (χ2n) is 3.56. The molecule has 2 N–H and O–H groups in total. The highest BCUT2D eigenvalue weighted by molar-refractivity contribution is 5.62. The normalized spacial score (nSPS) is 10.6. The van der Waals surface area contributed by atoms with Gasteiger partial charge in [-0.25, -0.2) is 4.39 Å². The number of nitrogens with two attached hydrogens (primary N) is 1. The molecule has 0 fully saturated rings. The van der Waals surface area contributed by atoms with Crippen molar-refractivity contribution >= 4 is 5.82 Å². The Bertz CT molecular complexity index is 505. The van der Waals surface area contributed by atoms with Crippen LogP contribution in [0.3, 0.4) is 0 Å². The number of anilines is 1. The van der Waals surface area contributed by atoms with Crippen molar-refractivity contribution in [3.8, 4) is 11.3 Å². The van der Waals surface area contributed by atoms with E-state index in [1.54, 1.807) is 19.1 Å². The first-order valence-corrected chi connectivity index (χ1v) is 4.57. The van der Waals surface area contributed by atoms with Crippen LogP contribution in [0.25, 0.3) is 11.3 Å². The fourth-order valence-corrected chi connectivity index (χ4v) is 1.55. The lowest BCUT2D eigenvalue weighted by molar-refractivity contribution is 0.433. The van der Waals surface area contributed by atoms with E-state index in [0.29, 0.717) is 16.9 Å². The summed E-state index contributed by atoms with van der Waals surface area (Å²) in [6, 6.07) is 5.00. The van der Waals surface area contributed by atoms with Crippen LogP contribution in [0.15, 0.2) is 22.7 Å². The molecule has 0 unspecified atom stereocenters. The molecule has 0 saturated heterocycles. The Morgan fingerprint density at radius 2 is 2.00 bits per heavy atom. The van der Waals surface area contributed by atoms with Crippen LogP contribution in [0.1, 0.15) is 11.1 Å². The number of nitrogen functional groups attached to an aromatic ring is 1. The van der Waals surface area contributed by atoms with Crippen molar-refractivity contribution in [1.29, 1.82) is 0 Å². The molecule has 4 heteroatoms. The molecule has 0 aliphatic carbocycles. The fraction of sp³-hybridized carbons (Fsp3) is 0.182. The van der Waals surface area contributed by atoms with Crippen molar-refractivity contribution in [2.75, 3.05) is 5.73 Å². The average molecular weight is 206 g/mol. The lowest BCUT2D eigenvalue weighted by atomic mass is 10.0. The van der Waals surface area contributed by atoms with Crippen molar-refractivity contribution in [2.45, 2.75) is 13.8 Å². The van der Waals surface area contributed by atoms with Gasteiger partial charge in [0.15, 0.2) is 11.6 Å². The van der Waals surface area contributed by atoms with Crippen molar-refractivity contribution < 1.29 is 8.91 Å². The summed E-state index contributed by atoms with van der Waals surface area (Å²) in [4.78, 5) is 0. The summed E-state index contributed by atoms with van der Waals surface area (Å²) in [5.41, 5.74) is 7.37. The number of aromatic nitrogens is 1. The van der Waals surface area contributed by atoms with Gasteiger partial charge in [0.25, 0.3) is 0 Å². The maximum Gasteiger partial charge on any atom is 0.172 e. The highest BCUT2D eigenvalue weighted by Gasteiger charge is 2.12. The number of halogens is 1. The molecule has 2 aromatic rings. The molecule has 0 bridgehead atoms. The Morgan fingerprint density at radius 3 is 2.60 bits per heavy atom. The Hall–Kier alpha value is -1.84. The van der Waals surface area contributed by atoms with E-state index in [2.05, 4.69) is 5.16 Å². The minimum Gasteiger partial charge on any atom is -0.381 e. The number of hydrogen-bond donors (Lipinski definition) is 1. The molecule has 0 amide bonds. The minimum absolute atomic E-state index is 0.253. The van der Waals surface area contributed by atoms with Gasteiger partial charge in [-0.05, 0) is 31.0 Å². The first-order chi connectivity index (χ1) is 7.08. The molecular formula is C11H11FN2O. The molecule has 2 rings (SSSR count). The SMILES string of the molecule is Cc1cc(C)c(F)c(-c2cc(N)no2)c1.